The van der Waals surface area contributed by atoms with Crippen LogP contribution >= 0.6 is 0 Å². The second-order valence-corrected chi connectivity index (χ2v) is 10.5. The van der Waals surface area contributed by atoms with Gasteiger partial charge in [-0.2, -0.15) is 0 Å². The molecule has 2 aliphatic rings. The Balaban J connectivity index is 1.31. The molecule has 0 amide bonds. The van der Waals surface area contributed by atoms with E-state index in [1.807, 2.05) is 18.2 Å². The minimum atomic E-state index is -0.229. The first-order chi connectivity index (χ1) is 18.4. The zero-order valence-electron chi connectivity index (χ0n) is 22.5. The van der Waals surface area contributed by atoms with Crippen LogP contribution in [0.2, 0.25) is 0 Å². The molecule has 1 unspecified atom stereocenters. The zero-order chi connectivity index (χ0) is 26.3. The molecule has 5 heteroatoms. The number of para-hydroxylation sites is 1. The summed E-state index contributed by atoms with van der Waals surface area (Å²) in [6.45, 7) is 6.06. The molecule has 192 valence electrons. The Hall–Kier alpha value is -4.22. The highest BCUT2D eigenvalue weighted by Gasteiger charge is 2.41. The first-order valence-corrected chi connectivity index (χ1v) is 13.1. The molecule has 4 aromatic rings. The lowest BCUT2D eigenvalue weighted by atomic mass is 9.80. The molecule has 4 aromatic carbocycles. The molecule has 0 fully saturated rings. The van der Waals surface area contributed by atoms with Crippen molar-refractivity contribution in [2.45, 2.75) is 19.4 Å². The van der Waals surface area contributed by atoms with Crippen LogP contribution in [-0.2, 0) is 5.54 Å². The van der Waals surface area contributed by atoms with Crippen LogP contribution in [0.3, 0.4) is 0 Å². The Morgan fingerprint density at radius 3 is 2.11 bits per heavy atom. The van der Waals surface area contributed by atoms with Crippen molar-refractivity contribution in [3.63, 3.8) is 0 Å². The Kier molecular flexibility index (Phi) is 6.09. The van der Waals surface area contributed by atoms with Crippen molar-refractivity contribution < 1.29 is 4.74 Å². The van der Waals surface area contributed by atoms with Crippen molar-refractivity contribution in [1.29, 1.82) is 0 Å². The standard InChI is InChI=1S/C33H34N4O/c1-25-15-17-26(18-16-25)33(2)31-13-5-6-14-32(31)37(24-35(33)4)28-10-8-12-30(22-28)38-29-11-7-9-27(21-29)36-20-19-34(3)23-36/h5-22H,23-24H2,1-4H3. The number of nitrogens with zero attached hydrogens (tertiary/aromatic N) is 4. The van der Waals surface area contributed by atoms with Crippen molar-refractivity contribution in [3.8, 4) is 11.5 Å². The van der Waals surface area contributed by atoms with Crippen LogP contribution in [0.5, 0.6) is 11.5 Å². The summed E-state index contributed by atoms with van der Waals surface area (Å²) in [5, 5.41) is 0. The zero-order valence-corrected chi connectivity index (χ0v) is 22.5. The molecule has 0 spiro atoms. The SMILES string of the molecule is Cc1ccc(C2(C)c3ccccc3N(c3cccc(Oc4cccc(N5C=CN(C)C5)c4)c3)CN2C)cc1. The molecule has 38 heavy (non-hydrogen) atoms. The molecule has 6 rings (SSSR count). The number of ether oxygens (including phenoxy) is 1. The third-order valence-electron chi connectivity index (χ3n) is 7.84. The van der Waals surface area contributed by atoms with Crippen LogP contribution in [0.4, 0.5) is 17.1 Å². The second kappa shape index (κ2) is 9.58. The number of rotatable bonds is 5. The van der Waals surface area contributed by atoms with E-state index in [-0.39, 0.29) is 5.54 Å². The van der Waals surface area contributed by atoms with Gasteiger partial charge in [-0.05, 0) is 56.8 Å². The van der Waals surface area contributed by atoms with E-state index in [1.54, 1.807) is 0 Å². The molecular formula is C33H34N4O. The molecule has 0 aliphatic carbocycles. The van der Waals surface area contributed by atoms with Crippen LogP contribution in [0.15, 0.2) is 109 Å². The van der Waals surface area contributed by atoms with Crippen LogP contribution < -0.4 is 14.5 Å². The van der Waals surface area contributed by atoms with Gasteiger partial charge in [0.05, 0.1) is 18.9 Å². The number of fused-ring (bicyclic) bond motifs is 1. The fraction of sp³-hybridized carbons (Fsp3) is 0.212. The first kappa shape index (κ1) is 24.1. The summed E-state index contributed by atoms with van der Waals surface area (Å²) in [4.78, 5) is 9.15. The first-order valence-electron chi connectivity index (χ1n) is 13.1. The molecular weight excluding hydrogens is 468 g/mol. The second-order valence-electron chi connectivity index (χ2n) is 10.5. The van der Waals surface area contributed by atoms with E-state index in [9.17, 15) is 0 Å². The van der Waals surface area contributed by atoms with E-state index >= 15 is 0 Å². The van der Waals surface area contributed by atoms with Crippen LogP contribution in [0, 0.1) is 6.92 Å². The number of aryl methyl sites for hydroxylation is 1. The maximum absolute atomic E-state index is 6.37. The molecule has 0 bridgehead atoms. The van der Waals surface area contributed by atoms with Gasteiger partial charge in [-0.15, -0.1) is 0 Å². The lowest BCUT2D eigenvalue weighted by Gasteiger charge is -2.49. The molecule has 0 N–H and O–H groups in total. The largest absolute Gasteiger partial charge is 0.457 e. The van der Waals surface area contributed by atoms with Crippen molar-refractivity contribution in [2.75, 3.05) is 37.2 Å². The predicted octanol–water partition coefficient (Wildman–Crippen LogP) is 7.27. The van der Waals surface area contributed by atoms with Crippen LogP contribution in [0.1, 0.15) is 23.6 Å². The van der Waals surface area contributed by atoms with E-state index in [4.69, 9.17) is 4.74 Å². The lowest BCUT2D eigenvalue weighted by Crippen LogP contribution is -2.51. The Morgan fingerprint density at radius 1 is 0.711 bits per heavy atom. The van der Waals surface area contributed by atoms with Gasteiger partial charge in [-0.1, -0.05) is 60.2 Å². The van der Waals surface area contributed by atoms with Crippen LogP contribution in [-0.4, -0.2) is 37.2 Å². The van der Waals surface area contributed by atoms with Crippen molar-refractivity contribution in [1.82, 2.24) is 9.80 Å². The van der Waals surface area contributed by atoms with Crippen molar-refractivity contribution >= 4 is 17.1 Å². The van der Waals surface area contributed by atoms with E-state index in [1.165, 1.54) is 22.4 Å². The van der Waals surface area contributed by atoms with Gasteiger partial charge in [0.15, 0.2) is 0 Å². The summed E-state index contributed by atoms with van der Waals surface area (Å²) in [6.07, 6.45) is 4.17. The molecule has 0 saturated carbocycles. The smallest absolute Gasteiger partial charge is 0.129 e. The highest BCUT2D eigenvalue weighted by atomic mass is 16.5. The summed E-state index contributed by atoms with van der Waals surface area (Å²) in [5.74, 6) is 1.64. The van der Waals surface area contributed by atoms with Gasteiger partial charge in [0.1, 0.15) is 11.5 Å². The molecule has 2 aliphatic heterocycles. The van der Waals surface area contributed by atoms with E-state index < -0.39 is 0 Å². The average Bonchev–Trinajstić information content (AvgIpc) is 3.38. The number of hydrogen-bond acceptors (Lipinski definition) is 5. The van der Waals surface area contributed by atoms with Gasteiger partial charge < -0.3 is 19.4 Å². The van der Waals surface area contributed by atoms with E-state index in [0.29, 0.717) is 0 Å². The predicted molar refractivity (Wildman–Crippen MR) is 156 cm³/mol. The molecule has 0 saturated heterocycles. The number of hydrogen-bond donors (Lipinski definition) is 0. The monoisotopic (exact) mass is 502 g/mol. The van der Waals surface area contributed by atoms with Crippen LogP contribution in [0.25, 0.3) is 0 Å². The Bertz CT molecular complexity index is 1480. The maximum Gasteiger partial charge on any atom is 0.129 e. The number of anilines is 3. The van der Waals surface area contributed by atoms with Gasteiger partial charge in [0.25, 0.3) is 0 Å². The normalized spacial score (nSPS) is 19.1. The maximum atomic E-state index is 6.37. The fourth-order valence-corrected chi connectivity index (χ4v) is 5.50. The quantitative estimate of drug-likeness (QED) is 0.285. The highest BCUT2D eigenvalue weighted by Crippen LogP contribution is 2.46. The summed E-state index contributed by atoms with van der Waals surface area (Å²) in [5.41, 5.74) is 7.08. The van der Waals surface area contributed by atoms with Gasteiger partial charge in [-0.3, -0.25) is 4.90 Å². The van der Waals surface area contributed by atoms with E-state index in [2.05, 4.69) is 139 Å². The third kappa shape index (κ3) is 4.29. The summed E-state index contributed by atoms with van der Waals surface area (Å²) < 4.78 is 6.37. The minimum Gasteiger partial charge on any atom is -0.457 e. The van der Waals surface area contributed by atoms with Gasteiger partial charge in [0, 0.05) is 54.2 Å². The van der Waals surface area contributed by atoms with Gasteiger partial charge >= 0.3 is 0 Å². The van der Waals surface area contributed by atoms with Gasteiger partial charge in [-0.25, -0.2) is 0 Å². The molecule has 5 nitrogen and oxygen atoms in total. The topological polar surface area (TPSA) is 22.2 Å². The molecule has 1 atom stereocenters. The highest BCUT2D eigenvalue weighted by molar-refractivity contribution is 5.71. The Morgan fingerprint density at radius 2 is 1.39 bits per heavy atom. The number of benzene rings is 4. The van der Waals surface area contributed by atoms with E-state index in [0.717, 1.165) is 36.2 Å². The van der Waals surface area contributed by atoms with Gasteiger partial charge in [0.2, 0.25) is 0 Å². The molecule has 0 aromatic heterocycles. The summed E-state index contributed by atoms with van der Waals surface area (Å²) >= 11 is 0. The molecule has 0 radical (unpaired) electrons. The van der Waals surface area contributed by atoms with Crippen molar-refractivity contribution in [3.05, 3.63) is 126 Å². The Labute approximate surface area is 225 Å². The minimum absolute atomic E-state index is 0.229. The average molecular weight is 503 g/mol. The van der Waals surface area contributed by atoms with Crippen molar-refractivity contribution in [2.24, 2.45) is 0 Å². The third-order valence-corrected chi connectivity index (χ3v) is 7.84. The summed E-state index contributed by atoms with van der Waals surface area (Å²) in [6, 6.07) is 34.3. The fourth-order valence-electron chi connectivity index (χ4n) is 5.50. The molecule has 2 heterocycles. The lowest BCUT2D eigenvalue weighted by molar-refractivity contribution is 0.171. The summed E-state index contributed by atoms with van der Waals surface area (Å²) in [7, 11) is 4.28.